The molecule has 11 nitrogen and oxygen atoms in total. The highest BCUT2D eigenvalue weighted by molar-refractivity contribution is 7.47. The van der Waals surface area contributed by atoms with Gasteiger partial charge in [0.15, 0.2) is 0 Å². The van der Waals surface area contributed by atoms with Crippen molar-refractivity contribution in [2.24, 2.45) is 0 Å². The maximum absolute atomic E-state index is 10.9. The zero-order valence-electron chi connectivity index (χ0n) is 8.33. The van der Waals surface area contributed by atoms with Crippen LogP contribution in [0.2, 0.25) is 0 Å². The third kappa shape index (κ3) is 3.21. The Morgan fingerprint density at radius 2 is 1.83 bits per heavy atom. The van der Waals surface area contributed by atoms with Crippen LogP contribution in [-0.4, -0.2) is 20.0 Å². The van der Waals surface area contributed by atoms with Gasteiger partial charge in [-0.1, -0.05) is 0 Å². The molecule has 12 heteroatoms. The minimum atomic E-state index is -4.92. The van der Waals surface area contributed by atoms with Crippen LogP contribution < -0.4 is 4.52 Å². The predicted molar refractivity (Wildman–Crippen MR) is 53.9 cm³/mol. The van der Waals surface area contributed by atoms with Crippen molar-refractivity contribution in [2.75, 3.05) is 0 Å². The summed E-state index contributed by atoms with van der Waals surface area (Å²) in [6, 6.07) is 2.09. The second kappa shape index (κ2) is 5.06. The van der Waals surface area contributed by atoms with E-state index in [-0.39, 0.29) is 0 Å². The average Bonchev–Trinajstić information content (AvgIpc) is 2.28. The Morgan fingerprint density at radius 1 is 1.22 bits per heavy atom. The number of nitro benzene ring substituents is 2. The van der Waals surface area contributed by atoms with Crippen molar-refractivity contribution in [3.8, 4) is 5.75 Å². The fourth-order valence-corrected chi connectivity index (χ4v) is 1.42. The summed E-state index contributed by atoms with van der Waals surface area (Å²) in [4.78, 5) is 27.8. The quantitative estimate of drug-likeness (QED) is 0.351. The summed E-state index contributed by atoms with van der Waals surface area (Å²) >= 11 is 0. The van der Waals surface area contributed by atoms with Gasteiger partial charge in [-0.2, -0.15) is 0 Å². The molecule has 0 aliphatic carbocycles. The van der Waals surface area contributed by atoms with Crippen molar-refractivity contribution < 1.29 is 33.8 Å². The van der Waals surface area contributed by atoms with Crippen molar-refractivity contribution in [2.45, 2.75) is 0 Å². The highest BCUT2D eigenvalue weighted by atomic mass is 31.2. The summed E-state index contributed by atoms with van der Waals surface area (Å²) in [6.07, 6.45) is 0. The predicted octanol–water partition coefficient (Wildman–Crippen LogP) is 1.47. The number of nitrogens with zero attached hydrogens (tertiary/aromatic N) is 2. The van der Waals surface area contributed by atoms with Gasteiger partial charge in [-0.05, 0) is 6.07 Å². The van der Waals surface area contributed by atoms with Gasteiger partial charge in [0.1, 0.15) is 0 Å². The standard InChI is InChI=1S/C6H5N2O9P/c9-7(10)4-1-2-6(5(3-4)8(11)12)16-18(14,15)17-13/h1-3,13H,(H,14,15). The van der Waals surface area contributed by atoms with Gasteiger partial charge in [-0.15, -0.1) is 4.67 Å². The van der Waals surface area contributed by atoms with Crippen LogP contribution in [0.1, 0.15) is 0 Å². The van der Waals surface area contributed by atoms with E-state index in [2.05, 4.69) is 9.20 Å². The molecule has 0 saturated heterocycles. The van der Waals surface area contributed by atoms with Crippen LogP contribution in [0.4, 0.5) is 11.4 Å². The number of phosphoric ester groups is 1. The van der Waals surface area contributed by atoms with Gasteiger partial charge >= 0.3 is 13.5 Å². The van der Waals surface area contributed by atoms with Gasteiger partial charge in [0.05, 0.1) is 15.9 Å². The molecule has 2 N–H and O–H groups in total. The maximum atomic E-state index is 10.9. The number of hydrogen-bond donors (Lipinski definition) is 2. The normalized spacial score (nSPS) is 13.7. The zero-order valence-corrected chi connectivity index (χ0v) is 9.22. The first-order chi connectivity index (χ1) is 8.26. The fourth-order valence-electron chi connectivity index (χ4n) is 0.980. The Labute approximate surface area is 98.0 Å². The molecule has 0 aliphatic rings. The highest BCUT2D eigenvalue weighted by Gasteiger charge is 2.29. The molecule has 0 radical (unpaired) electrons. The lowest BCUT2D eigenvalue weighted by molar-refractivity contribution is -0.394. The topological polar surface area (TPSA) is 162 Å². The molecule has 18 heavy (non-hydrogen) atoms. The molecule has 1 atom stereocenters. The lowest BCUT2D eigenvalue weighted by atomic mass is 10.2. The van der Waals surface area contributed by atoms with E-state index in [1.54, 1.807) is 0 Å². The average molecular weight is 280 g/mol. The molecular formula is C6H5N2O9P. The third-order valence-electron chi connectivity index (χ3n) is 1.67. The largest absolute Gasteiger partial charge is 0.555 e. The number of phosphoric acid groups is 1. The van der Waals surface area contributed by atoms with E-state index in [4.69, 9.17) is 10.2 Å². The van der Waals surface area contributed by atoms with E-state index in [1.165, 1.54) is 0 Å². The zero-order chi connectivity index (χ0) is 13.9. The van der Waals surface area contributed by atoms with Crippen LogP contribution in [0.25, 0.3) is 0 Å². The number of hydrogen-bond acceptors (Lipinski definition) is 8. The molecule has 0 aliphatic heterocycles. The first kappa shape index (κ1) is 14.0. The monoisotopic (exact) mass is 280 g/mol. The van der Waals surface area contributed by atoms with Crippen LogP contribution in [0.3, 0.4) is 0 Å². The molecule has 1 aromatic rings. The summed E-state index contributed by atoms with van der Waals surface area (Å²) in [5, 5.41) is 29.0. The molecule has 0 heterocycles. The van der Waals surface area contributed by atoms with Crippen LogP contribution in [0.15, 0.2) is 18.2 Å². The Hall–Kier alpha value is -2.07. The number of rotatable bonds is 5. The molecule has 0 fully saturated rings. The van der Waals surface area contributed by atoms with Gasteiger partial charge in [0.2, 0.25) is 5.75 Å². The Morgan fingerprint density at radius 3 is 2.28 bits per heavy atom. The molecule has 1 rings (SSSR count). The van der Waals surface area contributed by atoms with E-state index < -0.39 is 34.8 Å². The van der Waals surface area contributed by atoms with Crippen molar-refractivity contribution >= 4 is 19.2 Å². The fraction of sp³-hybridized carbons (Fsp3) is 0. The minimum Gasteiger partial charge on any atom is -0.395 e. The first-order valence-corrected chi connectivity index (χ1v) is 5.55. The molecule has 0 amide bonds. The summed E-state index contributed by atoms with van der Waals surface area (Å²) in [5.74, 6) is -0.759. The van der Waals surface area contributed by atoms with Crippen LogP contribution >= 0.6 is 7.82 Å². The van der Waals surface area contributed by atoms with Crippen LogP contribution in [-0.2, 0) is 9.24 Å². The maximum Gasteiger partial charge on any atom is 0.555 e. The lowest BCUT2D eigenvalue weighted by Gasteiger charge is -2.08. The van der Waals surface area contributed by atoms with Crippen LogP contribution in [0.5, 0.6) is 5.75 Å². The van der Waals surface area contributed by atoms with Gasteiger partial charge in [0, 0.05) is 6.07 Å². The molecule has 0 aromatic heterocycles. The van der Waals surface area contributed by atoms with Gasteiger partial charge in [-0.25, -0.2) is 9.82 Å². The number of nitro groups is 2. The SMILES string of the molecule is O=[N+]([O-])c1ccc(OP(=O)(O)OO)c([N+](=O)[O-])c1. The van der Waals surface area contributed by atoms with Gasteiger partial charge < -0.3 is 4.52 Å². The summed E-state index contributed by atoms with van der Waals surface area (Å²) < 4.78 is 18.1. The molecule has 0 spiro atoms. The second-order valence-electron chi connectivity index (χ2n) is 2.81. The van der Waals surface area contributed by atoms with Crippen molar-refractivity contribution in [1.29, 1.82) is 0 Å². The third-order valence-corrected chi connectivity index (χ3v) is 2.30. The second-order valence-corrected chi connectivity index (χ2v) is 4.09. The first-order valence-electron chi connectivity index (χ1n) is 4.05. The Bertz CT molecular complexity index is 544. The molecule has 1 unspecified atom stereocenters. The molecule has 0 bridgehead atoms. The number of benzene rings is 1. The van der Waals surface area contributed by atoms with Gasteiger partial charge in [-0.3, -0.25) is 25.1 Å². The van der Waals surface area contributed by atoms with Crippen LogP contribution in [0, 0.1) is 20.2 Å². The van der Waals surface area contributed by atoms with E-state index in [0.717, 1.165) is 12.1 Å². The smallest absolute Gasteiger partial charge is 0.395 e. The Balaban J connectivity index is 3.24. The summed E-state index contributed by atoms with van der Waals surface area (Å²) in [7, 11) is -4.92. The summed E-state index contributed by atoms with van der Waals surface area (Å²) in [5.41, 5.74) is -1.53. The summed E-state index contributed by atoms with van der Waals surface area (Å²) in [6.45, 7) is 0. The van der Waals surface area contributed by atoms with E-state index in [1.807, 2.05) is 0 Å². The van der Waals surface area contributed by atoms with E-state index >= 15 is 0 Å². The molecule has 1 aromatic carbocycles. The molecule has 98 valence electrons. The van der Waals surface area contributed by atoms with Crippen molar-refractivity contribution in [1.82, 2.24) is 0 Å². The van der Waals surface area contributed by atoms with Gasteiger partial charge in [0.25, 0.3) is 5.69 Å². The number of non-ortho nitro benzene ring substituents is 1. The minimum absolute atomic E-state index is 0.534. The molecular weight excluding hydrogens is 275 g/mol. The highest BCUT2D eigenvalue weighted by Crippen LogP contribution is 2.46. The molecule has 0 saturated carbocycles. The van der Waals surface area contributed by atoms with E-state index in [9.17, 15) is 24.8 Å². The van der Waals surface area contributed by atoms with Crippen molar-refractivity contribution in [3.63, 3.8) is 0 Å². The van der Waals surface area contributed by atoms with Crippen molar-refractivity contribution in [3.05, 3.63) is 38.4 Å². The lowest BCUT2D eigenvalue weighted by Crippen LogP contribution is -1.99. The Kier molecular flexibility index (Phi) is 3.93. The van der Waals surface area contributed by atoms with E-state index in [0.29, 0.717) is 6.07 Å².